The van der Waals surface area contributed by atoms with Gasteiger partial charge in [0.05, 0.1) is 24.2 Å². The predicted molar refractivity (Wildman–Crippen MR) is 129 cm³/mol. The molecule has 0 spiro atoms. The smallest absolute Gasteiger partial charge is 0.548 e. The second kappa shape index (κ2) is 13.8. The Morgan fingerprint density at radius 2 is 1.82 bits per heavy atom. The van der Waals surface area contributed by atoms with Crippen LogP contribution in [-0.2, 0) is 29.8 Å². The number of para-hydroxylation sites is 1. The molecule has 1 aliphatic heterocycles. The molecule has 13 nitrogen and oxygen atoms in total. The molecule has 1 amide bonds. The third-order valence-electron chi connectivity index (χ3n) is 6.10. The number of aliphatic hydroxyl groups excluding tert-OH is 3. The first-order valence-electron chi connectivity index (χ1n) is 11.8. The van der Waals surface area contributed by atoms with E-state index in [4.69, 9.17) is 9.26 Å². The molecule has 1 aromatic carbocycles. The molecule has 2 heterocycles. The molecule has 15 heteroatoms. The number of carboxylic acid groups (broad SMARTS) is 1. The number of aliphatic hydroxyl groups is 3. The van der Waals surface area contributed by atoms with Gasteiger partial charge in [0, 0.05) is 23.5 Å². The Bertz CT molecular complexity index is 1150. The first-order chi connectivity index (χ1) is 17.3. The fourth-order valence-corrected chi connectivity index (χ4v) is 5.28. The predicted octanol–water partition coefficient (Wildman–Crippen LogP) is -4.10. The topological polar surface area (TPSA) is 214 Å². The van der Waals surface area contributed by atoms with E-state index in [1.54, 1.807) is 32.2 Å². The summed E-state index contributed by atoms with van der Waals surface area (Å²) in [5.74, 6) is -2.58. The van der Waals surface area contributed by atoms with Gasteiger partial charge >= 0.3 is 37.3 Å². The van der Waals surface area contributed by atoms with Gasteiger partial charge < -0.3 is 45.2 Å². The molecule has 0 radical (unpaired) electrons. The summed E-state index contributed by atoms with van der Waals surface area (Å²) < 4.78 is 23.0. The molecular formula is C23H33N3NaO10P. The van der Waals surface area contributed by atoms with Crippen molar-refractivity contribution in [1.29, 1.82) is 0 Å². The summed E-state index contributed by atoms with van der Waals surface area (Å²) in [7, 11) is -4.85. The third-order valence-corrected chi connectivity index (χ3v) is 7.23. The van der Waals surface area contributed by atoms with E-state index >= 15 is 0 Å². The van der Waals surface area contributed by atoms with Gasteiger partial charge in [0.25, 0.3) is 0 Å². The molecule has 206 valence electrons. The zero-order valence-corrected chi connectivity index (χ0v) is 24.5. The van der Waals surface area contributed by atoms with Crippen LogP contribution >= 0.6 is 7.75 Å². The van der Waals surface area contributed by atoms with E-state index in [0.29, 0.717) is 5.56 Å². The summed E-state index contributed by atoms with van der Waals surface area (Å²) in [4.78, 5) is 38.3. The zero-order chi connectivity index (χ0) is 27.5. The van der Waals surface area contributed by atoms with Crippen molar-refractivity contribution >= 4 is 30.5 Å². The molecule has 0 bridgehead atoms. The molecule has 8 atom stereocenters. The van der Waals surface area contributed by atoms with Crippen molar-refractivity contribution in [3.8, 4) is 0 Å². The molecule has 0 aliphatic carbocycles. The van der Waals surface area contributed by atoms with Crippen LogP contribution < -0.4 is 45.1 Å². The third kappa shape index (κ3) is 8.33. The summed E-state index contributed by atoms with van der Waals surface area (Å²) in [5.41, 5.74) is 1.42. The van der Waals surface area contributed by atoms with Gasteiger partial charge in [-0.25, -0.2) is 9.65 Å². The molecule has 2 aromatic rings. The Morgan fingerprint density at radius 3 is 2.45 bits per heavy atom. The van der Waals surface area contributed by atoms with Gasteiger partial charge in [-0.15, -0.1) is 0 Å². The van der Waals surface area contributed by atoms with Crippen LogP contribution in [0.4, 0.5) is 0 Å². The van der Waals surface area contributed by atoms with Crippen molar-refractivity contribution < 1.29 is 78.3 Å². The van der Waals surface area contributed by atoms with Crippen LogP contribution in [0.1, 0.15) is 32.8 Å². The Hall–Kier alpha value is -1.35. The summed E-state index contributed by atoms with van der Waals surface area (Å²) in [6, 6.07) is 4.42. The van der Waals surface area contributed by atoms with Crippen LogP contribution in [0, 0.1) is 5.92 Å². The Morgan fingerprint density at radius 1 is 1.16 bits per heavy atom. The molecule has 0 saturated carbocycles. The van der Waals surface area contributed by atoms with Gasteiger partial charge in [-0.3, -0.25) is 9.32 Å². The quantitative estimate of drug-likeness (QED) is 0.103. The van der Waals surface area contributed by atoms with Crippen molar-refractivity contribution in [3.63, 3.8) is 0 Å². The number of fused-ring (bicyclic) bond motifs is 1. The molecule has 1 fully saturated rings. The van der Waals surface area contributed by atoms with Gasteiger partial charge in [0.15, 0.2) is 6.29 Å². The SMILES string of the molecule is CC(C)C[C@H](NP(=O)(O)OC1OC(C)C(O)C(O)C1O)C(=O)N[C@@H](Cc1c[nH]c2ccccc12)C(=O)[O-].[Na+]. The van der Waals surface area contributed by atoms with Gasteiger partial charge in [-0.2, -0.15) is 0 Å². The number of benzene rings is 1. The minimum atomic E-state index is -4.85. The number of amides is 1. The maximum Gasteiger partial charge on any atom is 1.00 e. The van der Waals surface area contributed by atoms with Crippen molar-refractivity contribution in [2.24, 2.45) is 5.92 Å². The van der Waals surface area contributed by atoms with E-state index < -0.39 is 62.4 Å². The number of hydrogen-bond donors (Lipinski definition) is 7. The average molecular weight is 565 g/mol. The van der Waals surface area contributed by atoms with Gasteiger partial charge in [-0.05, 0) is 30.9 Å². The zero-order valence-electron chi connectivity index (χ0n) is 21.6. The summed E-state index contributed by atoms with van der Waals surface area (Å²) in [5, 5.41) is 46.9. The standard InChI is InChI=1S/C23H34N3O10P.Na/c1-11(2)8-16(26-37(33,34)36-23-20(29)19(28)18(27)12(3)35-23)21(30)25-17(22(31)32)9-13-10-24-15-7-5-4-6-14(13)15;/h4-7,10-12,16-20,23-24,27-29H,8-9H2,1-3H3,(H,25,30)(H,31,32)(H2,26,33,34);/q;+1/p-1/t12?,16-,17-,18?,19?,20?,23?;/m0./s1. The van der Waals surface area contributed by atoms with Crippen molar-refractivity contribution in [2.45, 2.75) is 76.4 Å². The van der Waals surface area contributed by atoms with E-state index in [-0.39, 0.29) is 48.3 Å². The molecule has 3 rings (SSSR count). The number of carbonyl (C=O) groups is 2. The summed E-state index contributed by atoms with van der Waals surface area (Å²) in [6.45, 7) is 4.87. The number of hydrogen-bond acceptors (Lipinski definition) is 9. The molecule has 1 aromatic heterocycles. The normalized spacial score (nSPS) is 26.8. The van der Waals surface area contributed by atoms with Gasteiger partial charge in [0.1, 0.15) is 18.3 Å². The summed E-state index contributed by atoms with van der Waals surface area (Å²) >= 11 is 0. The molecule has 1 aliphatic rings. The molecule has 6 unspecified atom stereocenters. The maximum atomic E-state index is 13.1. The van der Waals surface area contributed by atoms with E-state index in [1.807, 2.05) is 12.1 Å². The van der Waals surface area contributed by atoms with E-state index in [9.17, 15) is 39.5 Å². The van der Waals surface area contributed by atoms with E-state index in [2.05, 4.69) is 15.4 Å². The number of aliphatic carboxylic acids is 1. The minimum Gasteiger partial charge on any atom is -0.548 e. The first kappa shape index (κ1) is 32.9. The van der Waals surface area contributed by atoms with Crippen LogP contribution in [0.5, 0.6) is 0 Å². The summed E-state index contributed by atoms with van der Waals surface area (Å²) in [6.07, 6.45) is -6.23. The van der Waals surface area contributed by atoms with Crippen LogP contribution in [0.3, 0.4) is 0 Å². The molecular weight excluding hydrogens is 532 g/mol. The van der Waals surface area contributed by atoms with Gasteiger partial charge in [-0.1, -0.05) is 32.0 Å². The Balaban J connectivity index is 0.00000507. The van der Waals surface area contributed by atoms with Crippen molar-refractivity contribution in [2.75, 3.05) is 0 Å². The number of carbonyl (C=O) groups excluding carboxylic acids is 2. The number of aromatic amines is 1. The number of H-pyrrole nitrogens is 1. The first-order valence-corrected chi connectivity index (χ1v) is 13.4. The number of nitrogens with one attached hydrogen (secondary N) is 3. The van der Waals surface area contributed by atoms with Gasteiger partial charge in [0.2, 0.25) is 5.91 Å². The maximum absolute atomic E-state index is 13.1. The fraction of sp³-hybridized carbons (Fsp3) is 0.565. The Kier molecular flexibility index (Phi) is 12.0. The Labute approximate surface area is 241 Å². The molecule has 38 heavy (non-hydrogen) atoms. The van der Waals surface area contributed by atoms with Crippen LogP contribution in [0.25, 0.3) is 10.9 Å². The van der Waals surface area contributed by atoms with E-state index in [1.165, 1.54) is 6.92 Å². The second-order valence-corrected chi connectivity index (χ2v) is 11.1. The molecule has 7 N–H and O–H groups in total. The van der Waals surface area contributed by atoms with Crippen LogP contribution in [0.15, 0.2) is 30.5 Å². The van der Waals surface area contributed by atoms with Crippen molar-refractivity contribution in [3.05, 3.63) is 36.0 Å². The van der Waals surface area contributed by atoms with E-state index in [0.717, 1.165) is 10.9 Å². The number of aromatic nitrogens is 1. The van der Waals surface area contributed by atoms with Crippen LogP contribution in [0.2, 0.25) is 0 Å². The van der Waals surface area contributed by atoms with Crippen LogP contribution in [-0.4, -0.2) is 79.9 Å². The fourth-order valence-electron chi connectivity index (χ4n) is 4.14. The minimum absolute atomic E-state index is 0. The average Bonchev–Trinajstić information content (AvgIpc) is 3.22. The number of rotatable bonds is 11. The van der Waals surface area contributed by atoms with Crippen molar-refractivity contribution in [1.82, 2.24) is 15.4 Å². The second-order valence-electron chi connectivity index (χ2n) is 9.56. The largest absolute Gasteiger partial charge is 1.00 e. The number of ether oxygens (including phenoxy) is 1. The monoisotopic (exact) mass is 565 g/mol. The molecule has 1 saturated heterocycles. The number of carboxylic acids is 1.